The third-order valence-electron chi connectivity index (χ3n) is 3.70. The van der Waals surface area contributed by atoms with Crippen molar-refractivity contribution in [2.75, 3.05) is 13.2 Å². The molecule has 1 unspecified atom stereocenters. The van der Waals surface area contributed by atoms with Crippen molar-refractivity contribution in [2.24, 2.45) is 0 Å². The first-order valence-corrected chi connectivity index (χ1v) is 7.11. The molecule has 3 nitrogen and oxygen atoms in total. The van der Waals surface area contributed by atoms with Crippen LogP contribution in [-0.2, 0) is 0 Å². The van der Waals surface area contributed by atoms with Gasteiger partial charge < -0.3 is 5.11 Å². The summed E-state index contributed by atoms with van der Waals surface area (Å²) in [5, 5.41) is 9.22. The van der Waals surface area contributed by atoms with Gasteiger partial charge in [-0.25, -0.2) is 0 Å². The van der Waals surface area contributed by atoms with Crippen molar-refractivity contribution in [3.05, 3.63) is 35.9 Å². The van der Waals surface area contributed by atoms with Gasteiger partial charge in [-0.3, -0.25) is 9.69 Å². The highest BCUT2D eigenvalue weighted by molar-refractivity contribution is 5.99. The van der Waals surface area contributed by atoms with Crippen LogP contribution < -0.4 is 0 Å². The molecule has 0 spiro atoms. The molecule has 1 rings (SSSR count). The number of carbonyl (C=O) groups excluding carboxylic acids is 1. The molecule has 0 bridgehead atoms. The van der Waals surface area contributed by atoms with Crippen LogP contribution in [0.5, 0.6) is 0 Å². The quantitative estimate of drug-likeness (QED) is 0.733. The Hall–Kier alpha value is -1.19. The van der Waals surface area contributed by atoms with Gasteiger partial charge in [0.2, 0.25) is 0 Å². The average molecular weight is 263 g/mol. The van der Waals surface area contributed by atoms with Gasteiger partial charge in [0.05, 0.1) is 12.6 Å². The largest absolute Gasteiger partial charge is 0.395 e. The van der Waals surface area contributed by atoms with Gasteiger partial charge in [0.25, 0.3) is 0 Å². The van der Waals surface area contributed by atoms with E-state index in [4.69, 9.17) is 0 Å². The summed E-state index contributed by atoms with van der Waals surface area (Å²) in [6, 6.07) is 9.52. The fourth-order valence-electron chi connectivity index (χ4n) is 2.56. The second-order valence-electron chi connectivity index (χ2n) is 4.84. The van der Waals surface area contributed by atoms with E-state index in [9.17, 15) is 9.90 Å². The predicted octanol–water partition coefficient (Wildman–Crippen LogP) is 2.74. The summed E-state index contributed by atoms with van der Waals surface area (Å²) in [5.41, 5.74) is 0.740. The molecule has 0 aliphatic rings. The standard InChI is InChI=1S/C16H25NO2/c1-4-15(5-2)17(11-12-18)13(3)16(19)14-9-7-6-8-10-14/h6-10,13,15,18H,4-5,11-12H2,1-3H3. The topological polar surface area (TPSA) is 40.5 Å². The zero-order valence-electron chi connectivity index (χ0n) is 12.2. The van der Waals surface area contributed by atoms with Crippen molar-refractivity contribution in [2.45, 2.75) is 45.7 Å². The molecule has 0 heterocycles. The second kappa shape index (κ2) is 8.08. The number of aliphatic hydroxyl groups is 1. The van der Waals surface area contributed by atoms with Crippen molar-refractivity contribution in [1.29, 1.82) is 0 Å². The number of hydrogen-bond acceptors (Lipinski definition) is 3. The first-order valence-electron chi connectivity index (χ1n) is 7.11. The molecule has 0 aliphatic heterocycles. The number of hydrogen-bond donors (Lipinski definition) is 1. The van der Waals surface area contributed by atoms with Gasteiger partial charge in [-0.1, -0.05) is 44.2 Å². The van der Waals surface area contributed by atoms with Crippen molar-refractivity contribution in [1.82, 2.24) is 4.90 Å². The van der Waals surface area contributed by atoms with E-state index < -0.39 is 0 Å². The molecule has 19 heavy (non-hydrogen) atoms. The maximum atomic E-state index is 12.5. The zero-order valence-corrected chi connectivity index (χ0v) is 12.2. The Kier molecular flexibility index (Phi) is 6.74. The summed E-state index contributed by atoms with van der Waals surface area (Å²) in [7, 11) is 0. The first kappa shape index (κ1) is 15.9. The van der Waals surface area contributed by atoms with E-state index in [1.165, 1.54) is 0 Å². The Labute approximate surface area is 116 Å². The molecular formula is C16H25NO2. The highest BCUT2D eigenvalue weighted by Crippen LogP contribution is 2.16. The van der Waals surface area contributed by atoms with Crippen LogP contribution in [0.4, 0.5) is 0 Å². The molecule has 0 saturated carbocycles. The van der Waals surface area contributed by atoms with Gasteiger partial charge in [-0.05, 0) is 19.8 Å². The smallest absolute Gasteiger partial charge is 0.179 e. The molecule has 1 atom stereocenters. The predicted molar refractivity (Wildman–Crippen MR) is 78.4 cm³/mol. The number of nitrogens with zero attached hydrogens (tertiary/aromatic N) is 1. The lowest BCUT2D eigenvalue weighted by molar-refractivity contribution is 0.0686. The lowest BCUT2D eigenvalue weighted by Gasteiger charge is -2.34. The second-order valence-corrected chi connectivity index (χ2v) is 4.84. The van der Waals surface area contributed by atoms with Crippen LogP contribution in [0, 0.1) is 0 Å². The highest BCUT2D eigenvalue weighted by atomic mass is 16.3. The van der Waals surface area contributed by atoms with Crippen molar-refractivity contribution in [3.63, 3.8) is 0 Å². The fourth-order valence-corrected chi connectivity index (χ4v) is 2.56. The number of Topliss-reactive ketones (excluding diaryl/α,β-unsaturated/α-hetero) is 1. The third-order valence-corrected chi connectivity index (χ3v) is 3.70. The van der Waals surface area contributed by atoms with E-state index >= 15 is 0 Å². The minimum atomic E-state index is -0.195. The molecule has 0 fully saturated rings. The molecule has 0 aromatic heterocycles. The maximum Gasteiger partial charge on any atom is 0.179 e. The Morgan fingerprint density at radius 3 is 2.26 bits per heavy atom. The van der Waals surface area contributed by atoms with E-state index in [1.54, 1.807) is 0 Å². The molecule has 106 valence electrons. The molecule has 1 N–H and O–H groups in total. The summed E-state index contributed by atoms with van der Waals surface area (Å²) >= 11 is 0. The molecule has 0 amide bonds. The molecule has 0 saturated heterocycles. The summed E-state index contributed by atoms with van der Waals surface area (Å²) in [6.45, 7) is 6.81. The number of ketones is 1. The average Bonchev–Trinajstić information content (AvgIpc) is 2.47. The molecule has 3 heteroatoms. The minimum Gasteiger partial charge on any atom is -0.395 e. The number of carbonyl (C=O) groups is 1. The van der Waals surface area contributed by atoms with Gasteiger partial charge in [-0.15, -0.1) is 0 Å². The van der Waals surface area contributed by atoms with E-state index in [2.05, 4.69) is 18.7 Å². The van der Waals surface area contributed by atoms with Gasteiger partial charge >= 0.3 is 0 Å². The summed E-state index contributed by atoms with van der Waals surface area (Å²) in [6.07, 6.45) is 1.98. The van der Waals surface area contributed by atoms with Crippen LogP contribution in [0.15, 0.2) is 30.3 Å². The molecule has 0 radical (unpaired) electrons. The highest BCUT2D eigenvalue weighted by Gasteiger charge is 2.26. The van der Waals surface area contributed by atoms with Crippen LogP contribution >= 0.6 is 0 Å². The summed E-state index contributed by atoms with van der Waals surface area (Å²) < 4.78 is 0. The van der Waals surface area contributed by atoms with Gasteiger partial charge in [0, 0.05) is 18.2 Å². The van der Waals surface area contributed by atoms with Crippen LogP contribution in [-0.4, -0.2) is 41.0 Å². The zero-order chi connectivity index (χ0) is 14.3. The lowest BCUT2D eigenvalue weighted by Crippen LogP contribution is -2.46. The lowest BCUT2D eigenvalue weighted by atomic mass is 10.0. The SMILES string of the molecule is CCC(CC)N(CCO)C(C)C(=O)c1ccccc1. The summed E-state index contributed by atoms with van der Waals surface area (Å²) in [4.78, 5) is 14.6. The van der Waals surface area contributed by atoms with Crippen molar-refractivity contribution in [3.8, 4) is 0 Å². The van der Waals surface area contributed by atoms with E-state index in [0.717, 1.165) is 18.4 Å². The van der Waals surface area contributed by atoms with Crippen LogP contribution in [0.25, 0.3) is 0 Å². The molecule has 1 aromatic rings. The Balaban J connectivity index is 2.87. The van der Waals surface area contributed by atoms with E-state index in [-0.39, 0.29) is 18.4 Å². The third kappa shape index (κ3) is 4.15. The van der Waals surface area contributed by atoms with E-state index in [0.29, 0.717) is 12.6 Å². The van der Waals surface area contributed by atoms with Crippen molar-refractivity contribution < 1.29 is 9.90 Å². The van der Waals surface area contributed by atoms with Crippen LogP contribution in [0.2, 0.25) is 0 Å². The van der Waals surface area contributed by atoms with Crippen LogP contribution in [0.1, 0.15) is 44.0 Å². The minimum absolute atomic E-state index is 0.0862. The van der Waals surface area contributed by atoms with Gasteiger partial charge in [-0.2, -0.15) is 0 Å². The number of aliphatic hydroxyl groups excluding tert-OH is 1. The Morgan fingerprint density at radius 1 is 1.21 bits per heavy atom. The molecular weight excluding hydrogens is 238 g/mol. The molecule has 1 aromatic carbocycles. The molecule has 0 aliphatic carbocycles. The fraction of sp³-hybridized carbons (Fsp3) is 0.562. The van der Waals surface area contributed by atoms with Gasteiger partial charge in [0.1, 0.15) is 0 Å². The normalized spacial score (nSPS) is 12.9. The first-order chi connectivity index (χ1) is 9.15. The summed E-state index contributed by atoms with van der Waals surface area (Å²) in [5.74, 6) is 0.126. The number of benzene rings is 1. The van der Waals surface area contributed by atoms with Gasteiger partial charge in [0.15, 0.2) is 5.78 Å². The van der Waals surface area contributed by atoms with E-state index in [1.807, 2.05) is 37.3 Å². The Bertz CT molecular complexity index is 374. The maximum absolute atomic E-state index is 12.5. The Morgan fingerprint density at radius 2 is 1.79 bits per heavy atom. The van der Waals surface area contributed by atoms with Crippen LogP contribution in [0.3, 0.4) is 0 Å². The monoisotopic (exact) mass is 263 g/mol. The van der Waals surface area contributed by atoms with Crippen molar-refractivity contribution >= 4 is 5.78 Å². The number of rotatable bonds is 8.